The number of amides is 1. The minimum atomic E-state index is -0.382. The number of aryl methyl sites for hydroxylation is 1. The van der Waals surface area contributed by atoms with Gasteiger partial charge in [0.05, 0.1) is 18.4 Å². The minimum absolute atomic E-state index is 0.226. The molecule has 1 aromatic heterocycles. The minimum Gasteiger partial charge on any atom is -0.465 e. The Morgan fingerprint density at radius 2 is 1.89 bits per heavy atom. The third kappa shape index (κ3) is 3.54. The Morgan fingerprint density at radius 3 is 2.57 bits per heavy atom. The Kier molecular flexibility index (Phi) is 5.17. The summed E-state index contributed by atoms with van der Waals surface area (Å²) in [4.78, 5) is 26.3. The van der Waals surface area contributed by atoms with E-state index in [2.05, 4.69) is 10.4 Å². The van der Waals surface area contributed by atoms with E-state index in [1.807, 2.05) is 24.1 Å². The summed E-state index contributed by atoms with van der Waals surface area (Å²) < 4.78 is 4.97. The van der Waals surface area contributed by atoms with Crippen molar-refractivity contribution in [2.45, 2.75) is 39.0 Å². The summed E-state index contributed by atoms with van der Waals surface area (Å²) in [6, 6.07) is 7.38. The quantitative estimate of drug-likeness (QED) is 0.783. The van der Waals surface area contributed by atoms with E-state index in [0.29, 0.717) is 16.1 Å². The lowest BCUT2D eigenvalue weighted by Crippen LogP contribution is -2.16. The molecule has 146 valence electrons. The number of esters is 1. The van der Waals surface area contributed by atoms with Gasteiger partial charge in [0.1, 0.15) is 5.00 Å². The molecule has 0 saturated carbocycles. The van der Waals surface area contributed by atoms with E-state index in [0.717, 1.165) is 55.6 Å². The molecule has 0 spiro atoms. The van der Waals surface area contributed by atoms with Crippen LogP contribution in [0.2, 0.25) is 0 Å². The fourth-order valence-electron chi connectivity index (χ4n) is 3.69. The van der Waals surface area contributed by atoms with Crippen LogP contribution in [0.3, 0.4) is 0 Å². The summed E-state index contributed by atoms with van der Waals surface area (Å²) in [6.45, 7) is 2.88. The number of methoxy groups -OCH3 is 1. The van der Waals surface area contributed by atoms with Crippen LogP contribution in [0, 0.1) is 0 Å². The normalized spacial score (nSPS) is 15.8. The van der Waals surface area contributed by atoms with Crippen LogP contribution in [0.25, 0.3) is 0 Å². The molecule has 2 aromatic rings. The monoisotopic (exact) mass is 397 g/mol. The van der Waals surface area contributed by atoms with Gasteiger partial charge in [-0.15, -0.1) is 11.3 Å². The highest BCUT2D eigenvalue weighted by Gasteiger charge is 2.27. The van der Waals surface area contributed by atoms with Gasteiger partial charge in [-0.05, 0) is 62.4 Å². The number of thiophene rings is 1. The SMILES string of the molecule is COC(=O)c1c(NC(=O)c2ccc(N3CCC(C)=N3)cc2)sc2c1CCCC2. The van der Waals surface area contributed by atoms with Crippen molar-refractivity contribution in [3.63, 3.8) is 0 Å². The maximum atomic E-state index is 12.8. The van der Waals surface area contributed by atoms with Gasteiger partial charge in [0.15, 0.2) is 0 Å². The van der Waals surface area contributed by atoms with Crippen LogP contribution < -0.4 is 10.3 Å². The summed E-state index contributed by atoms with van der Waals surface area (Å²) in [5.74, 6) is -0.608. The second-order valence-corrected chi connectivity index (χ2v) is 8.22. The second kappa shape index (κ2) is 7.75. The first-order chi connectivity index (χ1) is 13.6. The average Bonchev–Trinajstić information content (AvgIpc) is 3.30. The van der Waals surface area contributed by atoms with Crippen LogP contribution in [0.5, 0.6) is 0 Å². The standard InChI is InChI=1S/C21H23N3O3S/c1-13-11-12-24(23-13)15-9-7-14(8-10-15)19(25)22-20-18(21(26)27-2)16-5-3-4-6-17(16)28-20/h7-10H,3-6,11-12H2,1-2H3,(H,22,25). The van der Waals surface area contributed by atoms with E-state index in [1.54, 1.807) is 12.1 Å². The van der Waals surface area contributed by atoms with Crippen molar-refractivity contribution < 1.29 is 14.3 Å². The number of fused-ring (bicyclic) bond motifs is 1. The van der Waals surface area contributed by atoms with Crippen LogP contribution in [0.15, 0.2) is 29.4 Å². The van der Waals surface area contributed by atoms with Gasteiger partial charge in [0, 0.05) is 29.1 Å². The summed E-state index contributed by atoms with van der Waals surface area (Å²) in [5, 5.41) is 9.95. The van der Waals surface area contributed by atoms with Gasteiger partial charge in [0.25, 0.3) is 5.91 Å². The van der Waals surface area contributed by atoms with Crippen molar-refractivity contribution in [3.8, 4) is 0 Å². The Labute approximate surface area is 168 Å². The number of hydrogen-bond acceptors (Lipinski definition) is 6. The Balaban J connectivity index is 1.55. The van der Waals surface area contributed by atoms with Gasteiger partial charge in [-0.2, -0.15) is 5.10 Å². The van der Waals surface area contributed by atoms with E-state index in [1.165, 1.54) is 23.3 Å². The lowest BCUT2D eigenvalue weighted by atomic mass is 9.95. The van der Waals surface area contributed by atoms with Crippen molar-refractivity contribution in [3.05, 3.63) is 45.8 Å². The van der Waals surface area contributed by atoms with Crippen molar-refractivity contribution in [2.24, 2.45) is 5.10 Å². The highest BCUT2D eigenvalue weighted by Crippen LogP contribution is 2.38. The fourth-order valence-corrected chi connectivity index (χ4v) is 4.97. The molecule has 1 amide bonds. The van der Waals surface area contributed by atoms with E-state index in [4.69, 9.17) is 4.74 Å². The van der Waals surface area contributed by atoms with Gasteiger partial charge < -0.3 is 10.1 Å². The molecule has 1 N–H and O–H groups in total. The van der Waals surface area contributed by atoms with Gasteiger partial charge in [-0.3, -0.25) is 9.80 Å². The number of rotatable bonds is 4. The first-order valence-electron chi connectivity index (χ1n) is 9.52. The van der Waals surface area contributed by atoms with Gasteiger partial charge >= 0.3 is 5.97 Å². The first kappa shape index (κ1) is 18.7. The van der Waals surface area contributed by atoms with Gasteiger partial charge in [-0.1, -0.05) is 0 Å². The molecule has 6 nitrogen and oxygen atoms in total. The molecular weight excluding hydrogens is 374 g/mol. The molecule has 0 fully saturated rings. The van der Waals surface area contributed by atoms with Crippen LogP contribution in [-0.4, -0.2) is 31.2 Å². The van der Waals surface area contributed by atoms with E-state index in [9.17, 15) is 9.59 Å². The molecule has 28 heavy (non-hydrogen) atoms. The number of carbonyl (C=O) groups excluding carboxylic acids is 2. The summed E-state index contributed by atoms with van der Waals surface area (Å²) >= 11 is 1.49. The summed E-state index contributed by atoms with van der Waals surface area (Å²) in [5.41, 5.74) is 4.19. The Hall–Kier alpha value is -2.67. The molecule has 7 heteroatoms. The zero-order chi connectivity index (χ0) is 19.7. The number of benzene rings is 1. The molecule has 1 aliphatic heterocycles. The van der Waals surface area contributed by atoms with Crippen molar-refractivity contribution in [2.75, 3.05) is 24.0 Å². The summed E-state index contributed by atoms with van der Waals surface area (Å²) in [6.07, 6.45) is 4.94. The number of carbonyl (C=O) groups is 2. The fraction of sp³-hybridized carbons (Fsp3) is 0.381. The van der Waals surface area contributed by atoms with Crippen LogP contribution in [0.1, 0.15) is 57.3 Å². The molecule has 4 rings (SSSR count). The number of hydrazone groups is 1. The number of nitrogens with one attached hydrogen (secondary N) is 1. The molecule has 2 heterocycles. The van der Waals surface area contributed by atoms with Crippen molar-refractivity contribution >= 4 is 39.6 Å². The molecule has 1 aliphatic carbocycles. The molecule has 2 aliphatic rings. The zero-order valence-electron chi connectivity index (χ0n) is 16.1. The maximum absolute atomic E-state index is 12.8. The predicted octanol–water partition coefficient (Wildman–Crippen LogP) is 4.25. The van der Waals surface area contributed by atoms with Gasteiger partial charge in [0.2, 0.25) is 0 Å². The molecule has 0 bridgehead atoms. The lowest BCUT2D eigenvalue weighted by molar-refractivity contribution is 0.0601. The second-order valence-electron chi connectivity index (χ2n) is 7.12. The summed E-state index contributed by atoms with van der Waals surface area (Å²) in [7, 11) is 1.38. The first-order valence-corrected chi connectivity index (χ1v) is 10.3. The smallest absolute Gasteiger partial charge is 0.341 e. The molecule has 0 unspecified atom stereocenters. The Bertz CT molecular complexity index is 947. The highest BCUT2D eigenvalue weighted by atomic mass is 32.1. The lowest BCUT2D eigenvalue weighted by Gasteiger charge is -2.14. The predicted molar refractivity (Wildman–Crippen MR) is 112 cm³/mol. The maximum Gasteiger partial charge on any atom is 0.341 e. The largest absolute Gasteiger partial charge is 0.465 e. The number of ether oxygens (including phenoxy) is 1. The molecular formula is C21H23N3O3S. The molecule has 0 saturated heterocycles. The highest BCUT2D eigenvalue weighted by molar-refractivity contribution is 7.17. The van der Waals surface area contributed by atoms with Crippen LogP contribution in [-0.2, 0) is 17.6 Å². The van der Waals surface area contributed by atoms with Crippen molar-refractivity contribution in [1.82, 2.24) is 0 Å². The number of hydrogen-bond donors (Lipinski definition) is 1. The van der Waals surface area contributed by atoms with Crippen LogP contribution in [0.4, 0.5) is 10.7 Å². The number of nitrogens with zero attached hydrogens (tertiary/aromatic N) is 2. The molecule has 0 atom stereocenters. The Morgan fingerprint density at radius 1 is 1.14 bits per heavy atom. The average molecular weight is 398 g/mol. The van der Waals surface area contributed by atoms with Crippen LogP contribution >= 0.6 is 11.3 Å². The van der Waals surface area contributed by atoms with E-state index in [-0.39, 0.29) is 11.9 Å². The topological polar surface area (TPSA) is 71.0 Å². The van der Waals surface area contributed by atoms with Crippen molar-refractivity contribution in [1.29, 1.82) is 0 Å². The molecule has 1 aromatic carbocycles. The third-order valence-corrected chi connectivity index (χ3v) is 6.40. The number of anilines is 2. The van der Waals surface area contributed by atoms with Gasteiger partial charge in [-0.25, -0.2) is 4.79 Å². The van der Waals surface area contributed by atoms with E-state index >= 15 is 0 Å². The van der Waals surface area contributed by atoms with E-state index < -0.39 is 0 Å². The zero-order valence-corrected chi connectivity index (χ0v) is 16.9. The molecule has 0 radical (unpaired) electrons. The third-order valence-electron chi connectivity index (χ3n) is 5.19.